The van der Waals surface area contributed by atoms with Crippen LogP contribution in [-0.2, 0) is 6.42 Å². The molecular formula is C16H25NO. The van der Waals surface area contributed by atoms with Gasteiger partial charge in [0.1, 0.15) is 5.75 Å². The van der Waals surface area contributed by atoms with E-state index < -0.39 is 0 Å². The smallest absolute Gasteiger partial charge is 0.115 e. The molecule has 0 saturated carbocycles. The lowest BCUT2D eigenvalue weighted by molar-refractivity contribution is 0.109. The van der Waals surface area contributed by atoms with E-state index >= 15 is 0 Å². The molecule has 1 aliphatic heterocycles. The molecule has 2 atom stereocenters. The molecular weight excluding hydrogens is 222 g/mol. The molecule has 2 heteroatoms. The van der Waals surface area contributed by atoms with Gasteiger partial charge in [-0.3, -0.25) is 4.90 Å². The minimum atomic E-state index is 0.358. The monoisotopic (exact) mass is 247 g/mol. The minimum absolute atomic E-state index is 0.358. The van der Waals surface area contributed by atoms with Gasteiger partial charge in [-0.05, 0) is 63.8 Å². The van der Waals surface area contributed by atoms with E-state index in [1.807, 2.05) is 12.1 Å². The van der Waals surface area contributed by atoms with Gasteiger partial charge in [0.15, 0.2) is 0 Å². The predicted molar refractivity (Wildman–Crippen MR) is 75.9 cm³/mol. The van der Waals surface area contributed by atoms with E-state index in [9.17, 15) is 5.11 Å². The third-order valence-corrected chi connectivity index (χ3v) is 4.21. The van der Waals surface area contributed by atoms with Gasteiger partial charge < -0.3 is 5.11 Å². The molecule has 18 heavy (non-hydrogen) atoms. The van der Waals surface area contributed by atoms with Gasteiger partial charge in [-0.15, -0.1) is 0 Å². The third-order valence-electron chi connectivity index (χ3n) is 4.21. The fraction of sp³-hybridized carbons (Fsp3) is 0.625. The summed E-state index contributed by atoms with van der Waals surface area (Å²) in [5, 5.41) is 9.26. The first-order valence-electron chi connectivity index (χ1n) is 7.20. The van der Waals surface area contributed by atoms with Gasteiger partial charge >= 0.3 is 0 Å². The van der Waals surface area contributed by atoms with Crippen molar-refractivity contribution in [2.45, 2.75) is 58.0 Å². The van der Waals surface area contributed by atoms with E-state index in [0.29, 0.717) is 11.8 Å². The van der Waals surface area contributed by atoms with E-state index in [2.05, 4.69) is 18.7 Å². The average molecular weight is 247 g/mol. The van der Waals surface area contributed by atoms with Crippen LogP contribution >= 0.6 is 0 Å². The van der Waals surface area contributed by atoms with E-state index in [4.69, 9.17) is 0 Å². The van der Waals surface area contributed by atoms with Gasteiger partial charge in [0, 0.05) is 12.1 Å². The van der Waals surface area contributed by atoms with Crippen LogP contribution in [0.2, 0.25) is 0 Å². The molecule has 0 spiro atoms. The number of likely N-dealkylation sites (tertiary alicyclic amines) is 1. The van der Waals surface area contributed by atoms with Crippen molar-refractivity contribution in [3.63, 3.8) is 0 Å². The van der Waals surface area contributed by atoms with Gasteiger partial charge in [0.25, 0.3) is 0 Å². The Kier molecular flexibility index (Phi) is 4.65. The van der Waals surface area contributed by atoms with Crippen LogP contribution in [0.4, 0.5) is 0 Å². The first-order chi connectivity index (χ1) is 8.66. The summed E-state index contributed by atoms with van der Waals surface area (Å²) in [6, 6.07) is 9.03. The molecule has 0 bridgehead atoms. The Morgan fingerprint density at radius 2 is 2.00 bits per heavy atom. The molecule has 1 saturated heterocycles. The number of phenolic OH excluding ortho intramolecular Hbond substituents is 1. The Balaban J connectivity index is 1.83. The highest BCUT2D eigenvalue weighted by molar-refractivity contribution is 5.25. The number of aromatic hydroxyl groups is 1. The topological polar surface area (TPSA) is 23.5 Å². The van der Waals surface area contributed by atoms with Gasteiger partial charge in [-0.1, -0.05) is 18.6 Å². The summed E-state index contributed by atoms with van der Waals surface area (Å²) in [6.45, 7) is 5.97. The van der Waals surface area contributed by atoms with Crippen molar-refractivity contribution in [2.24, 2.45) is 0 Å². The fourth-order valence-electron chi connectivity index (χ4n) is 2.98. The van der Waals surface area contributed by atoms with Gasteiger partial charge in [0.2, 0.25) is 0 Å². The minimum Gasteiger partial charge on any atom is -0.508 e. The molecule has 1 aromatic rings. The van der Waals surface area contributed by atoms with Crippen LogP contribution < -0.4 is 0 Å². The quantitative estimate of drug-likeness (QED) is 0.879. The lowest BCUT2D eigenvalue weighted by Crippen LogP contribution is -2.43. The molecule has 1 heterocycles. The molecule has 100 valence electrons. The van der Waals surface area contributed by atoms with E-state index in [1.54, 1.807) is 12.1 Å². The number of nitrogens with zero attached hydrogens (tertiary/aromatic N) is 1. The molecule has 0 radical (unpaired) electrons. The SMILES string of the molecule is CC1CCCCN1C(C)CCc1ccc(O)cc1. The summed E-state index contributed by atoms with van der Waals surface area (Å²) in [7, 11) is 0. The number of hydrogen-bond acceptors (Lipinski definition) is 2. The van der Waals surface area contributed by atoms with Crippen LogP contribution in [0.15, 0.2) is 24.3 Å². The number of benzene rings is 1. The van der Waals surface area contributed by atoms with Crippen LogP contribution in [0, 0.1) is 0 Å². The molecule has 1 aromatic carbocycles. The highest BCUT2D eigenvalue weighted by atomic mass is 16.3. The van der Waals surface area contributed by atoms with Gasteiger partial charge in [0.05, 0.1) is 0 Å². The number of aryl methyl sites for hydroxylation is 1. The summed E-state index contributed by atoms with van der Waals surface area (Å²) in [5.41, 5.74) is 1.32. The lowest BCUT2D eigenvalue weighted by Gasteiger charge is -2.38. The highest BCUT2D eigenvalue weighted by Crippen LogP contribution is 2.21. The Bertz CT molecular complexity index is 360. The molecule has 0 aromatic heterocycles. The first-order valence-corrected chi connectivity index (χ1v) is 7.20. The standard InChI is InChI=1S/C16H25NO/c1-13-5-3-4-12-17(13)14(2)6-7-15-8-10-16(18)11-9-15/h8-11,13-14,18H,3-7,12H2,1-2H3. The average Bonchev–Trinajstić information content (AvgIpc) is 2.38. The van der Waals surface area contributed by atoms with Crippen LogP contribution in [0.5, 0.6) is 5.75 Å². The zero-order chi connectivity index (χ0) is 13.0. The third kappa shape index (κ3) is 3.49. The summed E-state index contributed by atoms with van der Waals surface area (Å²) in [4.78, 5) is 2.66. The first kappa shape index (κ1) is 13.4. The number of hydrogen-bond donors (Lipinski definition) is 1. The summed E-state index contributed by atoms with van der Waals surface area (Å²) in [5.74, 6) is 0.358. The Labute approximate surface area is 111 Å². The summed E-state index contributed by atoms with van der Waals surface area (Å²) >= 11 is 0. The van der Waals surface area contributed by atoms with Crippen molar-refractivity contribution in [1.82, 2.24) is 4.90 Å². The molecule has 0 amide bonds. The summed E-state index contributed by atoms with van der Waals surface area (Å²) in [6.07, 6.45) is 6.40. The Hall–Kier alpha value is -1.02. The van der Waals surface area contributed by atoms with Gasteiger partial charge in [-0.25, -0.2) is 0 Å². The largest absolute Gasteiger partial charge is 0.508 e. The van der Waals surface area contributed by atoms with E-state index in [1.165, 1.54) is 37.8 Å². The van der Waals surface area contributed by atoms with Crippen LogP contribution in [0.1, 0.15) is 45.1 Å². The molecule has 1 N–H and O–H groups in total. The van der Waals surface area contributed by atoms with E-state index in [-0.39, 0.29) is 0 Å². The number of piperidine rings is 1. The van der Waals surface area contributed by atoms with Crippen LogP contribution in [0.3, 0.4) is 0 Å². The second kappa shape index (κ2) is 6.24. The second-order valence-corrected chi connectivity index (χ2v) is 5.64. The fourth-order valence-corrected chi connectivity index (χ4v) is 2.98. The lowest BCUT2D eigenvalue weighted by atomic mass is 9.98. The number of phenols is 1. The Morgan fingerprint density at radius 1 is 1.28 bits per heavy atom. The normalized spacial score (nSPS) is 22.9. The highest BCUT2D eigenvalue weighted by Gasteiger charge is 2.22. The van der Waals surface area contributed by atoms with Crippen molar-refractivity contribution in [1.29, 1.82) is 0 Å². The Morgan fingerprint density at radius 3 is 2.67 bits per heavy atom. The number of rotatable bonds is 4. The molecule has 2 rings (SSSR count). The van der Waals surface area contributed by atoms with Crippen LogP contribution in [0.25, 0.3) is 0 Å². The second-order valence-electron chi connectivity index (χ2n) is 5.64. The van der Waals surface area contributed by atoms with Crippen LogP contribution in [-0.4, -0.2) is 28.6 Å². The summed E-state index contributed by atoms with van der Waals surface area (Å²) < 4.78 is 0. The van der Waals surface area contributed by atoms with Crippen molar-refractivity contribution in [3.05, 3.63) is 29.8 Å². The maximum absolute atomic E-state index is 9.26. The molecule has 1 aliphatic rings. The molecule has 1 fully saturated rings. The molecule has 2 nitrogen and oxygen atoms in total. The predicted octanol–water partition coefficient (Wildman–Crippen LogP) is 3.59. The van der Waals surface area contributed by atoms with Crippen molar-refractivity contribution in [2.75, 3.05) is 6.54 Å². The molecule has 2 unspecified atom stereocenters. The van der Waals surface area contributed by atoms with E-state index in [0.717, 1.165) is 12.5 Å². The van der Waals surface area contributed by atoms with Gasteiger partial charge in [-0.2, -0.15) is 0 Å². The van der Waals surface area contributed by atoms with Crippen molar-refractivity contribution < 1.29 is 5.11 Å². The maximum atomic E-state index is 9.26. The zero-order valence-corrected chi connectivity index (χ0v) is 11.6. The van der Waals surface area contributed by atoms with Crippen molar-refractivity contribution >= 4 is 0 Å². The maximum Gasteiger partial charge on any atom is 0.115 e. The van der Waals surface area contributed by atoms with Crippen molar-refractivity contribution in [3.8, 4) is 5.75 Å². The zero-order valence-electron chi connectivity index (χ0n) is 11.6. The molecule has 0 aliphatic carbocycles.